The summed E-state index contributed by atoms with van der Waals surface area (Å²) >= 11 is 1.80. The molecule has 30 heavy (non-hydrogen) atoms. The number of carbonyl (C=O) groups excluding carboxylic acids is 1. The average Bonchev–Trinajstić information content (AvgIpc) is 3.31. The topological polar surface area (TPSA) is 38.0 Å². The molecule has 0 spiro atoms. The van der Waals surface area contributed by atoms with Crippen LogP contribution in [0.2, 0.25) is 0 Å². The van der Waals surface area contributed by atoms with Crippen LogP contribution in [0.5, 0.6) is 0 Å². The lowest BCUT2D eigenvalue weighted by molar-refractivity contribution is -1.03. The summed E-state index contributed by atoms with van der Waals surface area (Å²) in [5, 5.41) is 5.42. The number of amides is 1. The van der Waals surface area contributed by atoms with Crippen molar-refractivity contribution in [2.45, 2.75) is 25.6 Å². The molecular weight excluding hydrogens is 390 g/mol. The standard InChI is InChI=1S/C25H29N3OS/c1-20(26-25(29)22-11-6-3-7-12-22)24(23-13-8-18-30-23)28-16-14-27(15-17-28)19-21-9-4-2-5-10-21/h2-13,18,20,24H,14-17,19H2,1H3,(H,26,29)/p+2/t20-,24-/m0/s1. The molecule has 4 rings (SSSR count). The van der Waals surface area contributed by atoms with Crippen molar-refractivity contribution >= 4 is 17.2 Å². The zero-order valence-electron chi connectivity index (χ0n) is 17.5. The van der Waals surface area contributed by atoms with Gasteiger partial charge in [-0.1, -0.05) is 54.6 Å². The van der Waals surface area contributed by atoms with E-state index in [1.807, 2.05) is 30.3 Å². The smallest absolute Gasteiger partial charge is 0.251 e. The third-order valence-corrected chi connectivity index (χ3v) is 7.04. The highest BCUT2D eigenvalue weighted by molar-refractivity contribution is 7.10. The van der Waals surface area contributed by atoms with E-state index in [9.17, 15) is 4.79 Å². The number of hydrogen-bond acceptors (Lipinski definition) is 2. The molecule has 0 aliphatic carbocycles. The maximum absolute atomic E-state index is 12.7. The van der Waals surface area contributed by atoms with E-state index < -0.39 is 0 Å². The highest BCUT2D eigenvalue weighted by Crippen LogP contribution is 2.20. The monoisotopic (exact) mass is 421 g/mol. The van der Waals surface area contributed by atoms with Crippen LogP contribution in [-0.2, 0) is 6.54 Å². The Morgan fingerprint density at radius 2 is 1.60 bits per heavy atom. The number of piperazine rings is 1. The van der Waals surface area contributed by atoms with E-state index in [1.165, 1.54) is 10.4 Å². The van der Waals surface area contributed by atoms with E-state index in [0.717, 1.165) is 38.3 Å². The molecule has 3 aromatic rings. The van der Waals surface area contributed by atoms with Crippen molar-refractivity contribution in [2.24, 2.45) is 0 Å². The van der Waals surface area contributed by atoms with E-state index in [4.69, 9.17) is 0 Å². The number of quaternary nitrogens is 2. The Morgan fingerprint density at radius 3 is 2.23 bits per heavy atom. The molecule has 1 aliphatic rings. The molecule has 4 nitrogen and oxygen atoms in total. The van der Waals surface area contributed by atoms with Crippen LogP contribution in [0, 0.1) is 0 Å². The number of thiophene rings is 1. The fraction of sp³-hybridized carbons (Fsp3) is 0.320. The maximum atomic E-state index is 12.7. The molecule has 3 N–H and O–H groups in total. The van der Waals surface area contributed by atoms with Crippen molar-refractivity contribution in [3.05, 3.63) is 94.2 Å². The second kappa shape index (κ2) is 10.0. The van der Waals surface area contributed by atoms with Crippen LogP contribution in [0.4, 0.5) is 0 Å². The molecular formula is C25H31N3OS+2. The first-order chi connectivity index (χ1) is 14.7. The molecule has 0 unspecified atom stereocenters. The molecule has 156 valence electrons. The van der Waals surface area contributed by atoms with Crippen LogP contribution in [0.1, 0.15) is 33.8 Å². The molecule has 2 atom stereocenters. The number of rotatable bonds is 7. The highest BCUT2D eigenvalue weighted by atomic mass is 32.1. The van der Waals surface area contributed by atoms with Crippen LogP contribution >= 0.6 is 11.3 Å². The van der Waals surface area contributed by atoms with E-state index in [-0.39, 0.29) is 18.0 Å². The Labute approximate surface area is 183 Å². The van der Waals surface area contributed by atoms with Gasteiger partial charge in [-0.15, -0.1) is 11.3 Å². The minimum Gasteiger partial charge on any atom is -0.343 e. The Hall–Kier alpha value is -2.47. The van der Waals surface area contributed by atoms with Crippen molar-refractivity contribution < 1.29 is 14.6 Å². The van der Waals surface area contributed by atoms with Gasteiger partial charge in [0.05, 0.1) is 10.9 Å². The summed E-state index contributed by atoms with van der Waals surface area (Å²) in [6, 6.07) is 25.0. The van der Waals surface area contributed by atoms with Gasteiger partial charge in [0.15, 0.2) is 0 Å². The van der Waals surface area contributed by atoms with Gasteiger partial charge in [-0.25, -0.2) is 0 Å². The van der Waals surface area contributed by atoms with Gasteiger partial charge < -0.3 is 15.1 Å². The van der Waals surface area contributed by atoms with Gasteiger partial charge in [-0.3, -0.25) is 4.79 Å². The number of benzene rings is 2. The summed E-state index contributed by atoms with van der Waals surface area (Å²) in [5.74, 6) is 0.0115. The van der Waals surface area contributed by atoms with Gasteiger partial charge in [0.25, 0.3) is 5.91 Å². The van der Waals surface area contributed by atoms with Gasteiger partial charge in [-0.2, -0.15) is 0 Å². The summed E-state index contributed by atoms with van der Waals surface area (Å²) in [7, 11) is 0. The number of nitrogens with one attached hydrogen (secondary N) is 3. The zero-order valence-corrected chi connectivity index (χ0v) is 18.3. The molecule has 2 aromatic carbocycles. The quantitative estimate of drug-likeness (QED) is 0.533. The van der Waals surface area contributed by atoms with Gasteiger partial charge in [0, 0.05) is 11.1 Å². The van der Waals surface area contributed by atoms with Crippen LogP contribution in [-0.4, -0.2) is 38.1 Å². The van der Waals surface area contributed by atoms with Crippen molar-refractivity contribution in [1.29, 1.82) is 0 Å². The summed E-state index contributed by atoms with van der Waals surface area (Å²) in [6.07, 6.45) is 0. The van der Waals surface area contributed by atoms with E-state index in [1.54, 1.807) is 21.1 Å². The van der Waals surface area contributed by atoms with Gasteiger partial charge in [-0.05, 0) is 30.5 Å². The summed E-state index contributed by atoms with van der Waals surface area (Å²) in [6.45, 7) is 7.81. The van der Waals surface area contributed by atoms with Crippen molar-refractivity contribution in [3.8, 4) is 0 Å². The minimum atomic E-state index is 0.0115. The Morgan fingerprint density at radius 1 is 0.933 bits per heavy atom. The minimum absolute atomic E-state index is 0.0115. The summed E-state index contributed by atoms with van der Waals surface area (Å²) in [4.78, 5) is 17.3. The van der Waals surface area contributed by atoms with Crippen LogP contribution in [0.15, 0.2) is 78.2 Å². The molecule has 5 heteroatoms. The fourth-order valence-electron chi connectivity index (χ4n) is 4.53. The lowest BCUT2D eigenvalue weighted by atomic mass is 10.0. The second-order valence-corrected chi connectivity index (χ2v) is 9.17. The second-order valence-electron chi connectivity index (χ2n) is 8.19. The average molecular weight is 422 g/mol. The SMILES string of the molecule is C[C@H](NC(=O)c1ccccc1)[C@@H](c1cccs1)[NH+]1CC[NH+](Cc2ccccc2)CC1. The van der Waals surface area contributed by atoms with Gasteiger partial charge >= 0.3 is 0 Å². The summed E-state index contributed by atoms with van der Waals surface area (Å²) < 4.78 is 0. The molecule has 1 saturated heterocycles. The molecule has 2 heterocycles. The predicted molar refractivity (Wildman–Crippen MR) is 122 cm³/mol. The summed E-state index contributed by atoms with van der Waals surface area (Å²) in [5.41, 5.74) is 2.13. The third-order valence-electron chi connectivity index (χ3n) is 6.08. The first-order valence-electron chi connectivity index (χ1n) is 10.8. The molecule has 1 amide bonds. The largest absolute Gasteiger partial charge is 0.343 e. The van der Waals surface area contributed by atoms with E-state index >= 15 is 0 Å². The molecule has 0 bridgehead atoms. The maximum Gasteiger partial charge on any atom is 0.251 e. The molecule has 0 radical (unpaired) electrons. The lowest BCUT2D eigenvalue weighted by Gasteiger charge is -2.37. The Balaban J connectivity index is 1.41. The van der Waals surface area contributed by atoms with E-state index in [0.29, 0.717) is 0 Å². The Kier molecular flexibility index (Phi) is 6.95. The van der Waals surface area contributed by atoms with E-state index in [2.05, 4.69) is 60.1 Å². The van der Waals surface area contributed by atoms with Gasteiger partial charge in [0.1, 0.15) is 38.8 Å². The third kappa shape index (κ3) is 5.17. The molecule has 1 fully saturated rings. The predicted octanol–water partition coefficient (Wildman–Crippen LogP) is 1.59. The normalized spacial score (nSPS) is 21.0. The first kappa shape index (κ1) is 20.8. The van der Waals surface area contributed by atoms with Crippen LogP contribution < -0.4 is 15.1 Å². The van der Waals surface area contributed by atoms with Crippen LogP contribution in [0.3, 0.4) is 0 Å². The number of carbonyl (C=O) groups is 1. The van der Waals surface area contributed by atoms with Crippen molar-refractivity contribution in [3.63, 3.8) is 0 Å². The van der Waals surface area contributed by atoms with Crippen molar-refractivity contribution in [2.75, 3.05) is 26.2 Å². The van der Waals surface area contributed by atoms with Crippen molar-refractivity contribution in [1.82, 2.24) is 5.32 Å². The zero-order chi connectivity index (χ0) is 20.8. The van der Waals surface area contributed by atoms with Crippen LogP contribution in [0.25, 0.3) is 0 Å². The van der Waals surface area contributed by atoms with Gasteiger partial charge in [0.2, 0.25) is 0 Å². The molecule has 1 aromatic heterocycles. The first-order valence-corrected chi connectivity index (χ1v) is 11.7. The highest BCUT2D eigenvalue weighted by Gasteiger charge is 2.35. The number of hydrogen-bond donors (Lipinski definition) is 3. The fourth-order valence-corrected chi connectivity index (χ4v) is 5.52. The Bertz CT molecular complexity index is 906. The lowest BCUT2D eigenvalue weighted by Crippen LogP contribution is -3.28. The molecule has 1 aliphatic heterocycles. The molecule has 0 saturated carbocycles.